The van der Waals surface area contributed by atoms with Crippen LogP contribution in [0.4, 0.5) is 0 Å². The van der Waals surface area contributed by atoms with E-state index in [1.165, 1.54) is 4.31 Å². The molecule has 2 aromatic rings. The van der Waals surface area contributed by atoms with Gasteiger partial charge in [-0.25, -0.2) is 9.40 Å². The van der Waals surface area contributed by atoms with E-state index in [9.17, 15) is 13.2 Å². The lowest BCUT2D eigenvalue weighted by Crippen LogP contribution is -2.42. The molecule has 0 aliphatic carbocycles. The van der Waals surface area contributed by atoms with Gasteiger partial charge in [0.1, 0.15) is 0 Å². The summed E-state index contributed by atoms with van der Waals surface area (Å²) in [7, 11) is -3.78. The molecule has 1 aromatic carbocycles. The molecule has 9 heteroatoms. The molecule has 1 N–H and O–H groups in total. The number of hydrogen-bond acceptors (Lipinski definition) is 4. The fourth-order valence-corrected chi connectivity index (χ4v) is 4.83. The number of benzene rings is 1. The van der Waals surface area contributed by atoms with Crippen LogP contribution in [0.3, 0.4) is 0 Å². The minimum Gasteiger partial charge on any atom is -0.274 e. The van der Waals surface area contributed by atoms with Crippen LogP contribution in [-0.2, 0) is 21.4 Å². The molecule has 0 atom stereocenters. The van der Waals surface area contributed by atoms with Gasteiger partial charge in [0.05, 0.1) is 22.8 Å². The SMILES string of the molecule is Cc1ccc(-n2nc(C)c(CC(=O)NS(=O)(=O)N3CCCC3)c2C)c(Cl)c1. The quantitative estimate of drug-likeness (QED) is 0.820. The van der Waals surface area contributed by atoms with Crippen molar-refractivity contribution in [3.05, 3.63) is 45.7 Å². The van der Waals surface area contributed by atoms with Gasteiger partial charge in [-0.3, -0.25) is 4.79 Å². The third-order valence-corrected chi connectivity index (χ3v) is 6.59. The van der Waals surface area contributed by atoms with Crippen LogP contribution in [0.25, 0.3) is 5.69 Å². The minimum atomic E-state index is -3.78. The molecular formula is C18H23ClN4O3S. The monoisotopic (exact) mass is 410 g/mol. The standard InChI is InChI=1S/C18H23ClN4O3S/c1-12-6-7-17(16(19)10-12)23-14(3)15(13(2)20-23)11-18(24)21-27(25,26)22-8-4-5-9-22/h6-7,10H,4-5,8-9,11H2,1-3H3,(H,21,24). The van der Waals surface area contributed by atoms with Crippen LogP contribution in [-0.4, -0.2) is 41.5 Å². The zero-order chi connectivity index (χ0) is 19.8. The van der Waals surface area contributed by atoms with Gasteiger partial charge in [-0.15, -0.1) is 0 Å². The summed E-state index contributed by atoms with van der Waals surface area (Å²) in [5.74, 6) is -0.567. The number of carbonyl (C=O) groups excluding carboxylic acids is 1. The first-order chi connectivity index (χ1) is 12.7. The Morgan fingerprint density at radius 2 is 1.89 bits per heavy atom. The maximum absolute atomic E-state index is 12.4. The highest BCUT2D eigenvalue weighted by Gasteiger charge is 2.27. The van der Waals surface area contributed by atoms with Crippen LogP contribution in [0.5, 0.6) is 0 Å². The van der Waals surface area contributed by atoms with Gasteiger partial charge >= 0.3 is 10.2 Å². The summed E-state index contributed by atoms with van der Waals surface area (Å²) in [5, 5.41) is 5.05. The highest BCUT2D eigenvalue weighted by Crippen LogP contribution is 2.25. The molecule has 1 fully saturated rings. The number of aromatic nitrogens is 2. The Morgan fingerprint density at radius 3 is 2.52 bits per heavy atom. The molecule has 1 aliphatic heterocycles. The number of hydrogen-bond donors (Lipinski definition) is 1. The molecule has 0 unspecified atom stereocenters. The van der Waals surface area contributed by atoms with Gasteiger partial charge in [0.2, 0.25) is 5.91 Å². The Bertz CT molecular complexity index is 979. The number of nitrogens with one attached hydrogen (secondary N) is 1. The first kappa shape index (κ1) is 19.9. The first-order valence-electron chi connectivity index (χ1n) is 8.81. The van der Waals surface area contributed by atoms with Gasteiger partial charge in [-0.1, -0.05) is 17.7 Å². The Hall–Kier alpha value is -1.90. The molecule has 1 saturated heterocycles. The van der Waals surface area contributed by atoms with Gasteiger partial charge in [0.25, 0.3) is 0 Å². The second kappa shape index (κ2) is 7.61. The molecule has 1 aliphatic rings. The zero-order valence-electron chi connectivity index (χ0n) is 15.6. The number of amides is 1. The van der Waals surface area contributed by atoms with Crippen molar-refractivity contribution in [3.8, 4) is 5.69 Å². The Balaban J connectivity index is 1.81. The Morgan fingerprint density at radius 1 is 1.22 bits per heavy atom. The fourth-order valence-electron chi connectivity index (χ4n) is 3.28. The Labute approximate surface area is 164 Å². The average molecular weight is 411 g/mol. The highest BCUT2D eigenvalue weighted by molar-refractivity contribution is 7.87. The summed E-state index contributed by atoms with van der Waals surface area (Å²) in [6.07, 6.45) is 1.57. The van der Waals surface area contributed by atoms with Crippen LogP contribution in [0, 0.1) is 20.8 Å². The van der Waals surface area contributed by atoms with E-state index in [2.05, 4.69) is 9.82 Å². The van der Waals surface area contributed by atoms with E-state index in [-0.39, 0.29) is 6.42 Å². The van der Waals surface area contributed by atoms with Crippen molar-refractivity contribution in [1.29, 1.82) is 0 Å². The molecule has 27 heavy (non-hydrogen) atoms. The zero-order valence-corrected chi connectivity index (χ0v) is 17.2. The summed E-state index contributed by atoms with van der Waals surface area (Å²) in [6.45, 7) is 6.49. The van der Waals surface area contributed by atoms with Gasteiger partial charge in [-0.2, -0.15) is 17.8 Å². The van der Waals surface area contributed by atoms with E-state index in [0.717, 1.165) is 29.8 Å². The van der Waals surface area contributed by atoms with E-state index in [0.29, 0.717) is 29.4 Å². The van der Waals surface area contributed by atoms with E-state index < -0.39 is 16.1 Å². The topological polar surface area (TPSA) is 84.3 Å². The second-order valence-electron chi connectivity index (χ2n) is 6.83. The minimum absolute atomic E-state index is 0.0613. The molecule has 1 aromatic heterocycles. The molecule has 0 spiro atoms. The van der Waals surface area contributed by atoms with E-state index in [4.69, 9.17) is 11.6 Å². The maximum Gasteiger partial charge on any atom is 0.303 e. The van der Waals surface area contributed by atoms with Crippen molar-refractivity contribution >= 4 is 27.7 Å². The first-order valence-corrected chi connectivity index (χ1v) is 10.6. The summed E-state index contributed by atoms with van der Waals surface area (Å²) in [5.41, 5.74) is 3.88. The van der Waals surface area contributed by atoms with Gasteiger partial charge in [0.15, 0.2) is 0 Å². The van der Waals surface area contributed by atoms with Crippen LogP contribution >= 0.6 is 11.6 Å². The van der Waals surface area contributed by atoms with Crippen LogP contribution in [0.15, 0.2) is 18.2 Å². The van der Waals surface area contributed by atoms with E-state index in [1.54, 1.807) is 11.6 Å². The van der Waals surface area contributed by atoms with Crippen molar-refractivity contribution in [2.45, 2.75) is 40.0 Å². The number of nitrogens with zero attached hydrogens (tertiary/aromatic N) is 3. The van der Waals surface area contributed by atoms with Gasteiger partial charge in [0, 0.05) is 24.3 Å². The van der Waals surface area contributed by atoms with Crippen LogP contribution in [0.1, 0.15) is 35.4 Å². The third-order valence-electron chi connectivity index (χ3n) is 4.76. The van der Waals surface area contributed by atoms with Crippen LogP contribution in [0.2, 0.25) is 5.02 Å². The lowest BCUT2D eigenvalue weighted by Gasteiger charge is -2.16. The summed E-state index contributed by atoms with van der Waals surface area (Å²) < 4.78 is 29.7. The fraction of sp³-hybridized carbons (Fsp3) is 0.444. The maximum atomic E-state index is 12.4. The molecular weight excluding hydrogens is 388 g/mol. The second-order valence-corrected chi connectivity index (χ2v) is 8.91. The van der Waals surface area contributed by atoms with Gasteiger partial charge < -0.3 is 0 Å². The average Bonchev–Trinajstić information content (AvgIpc) is 3.20. The summed E-state index contributed by atoms with van der Waals surface area (Å²) >= 11 is 6.34. The lowest BCUT2D eigenvalue weighted by atomic mass is 10.1. The molecule has 0 bridgehead atoms. The van der Waals surface area contributed by atoms with Crippen molar-refractivity contribution < 1.29 is 13.2 Å². The van der Waals surface area contributed by atoms with Crippen molar-refractivity contribution in [2.75, 3.05) is 13.1 Å². The number of halogens is 1. The third kappa shape index (κ3) is 4.17. The lowest BCUT2D eigenvalue weighted by molar-refractivity contribution is -0.118. The number of rotatable bonds is 5. The molecule has 3 rings (SSSR count). The molecule has 0 saturated carbocycles. The molecule has 146 valence electrons. The van der Waals surface area contributed by atoms with Crippen molar-refractivity contribution in [1.82, 2.24) is 18.8 Å². The van der Waals surface area contributed by atoms with E-state index in [1.807, 2.05) is 32.0 Å². The molecule has 7 nitrogen and oxygen atoms in total. The normalized spacial score (nSPS) is 15.3. The smallest absolute Gasteiger partial charge is 0.274 e. The molecule has 1 amide bonds. The largest absolute Gasteiger partial charge is 0.303 e. The van der Waals surface area contributed by atoms with Gasteiger partial charge in [-0.05, 0) is 51.3 Å². The number of carbonyl (C=O) groups is 1. The highest BCUT2D eigenvalue weighted by atomic mass is 35.5. The van der Waals surface area contributed by atoms with Crippen molar-refractivity contribution in [2.24, 2.45) is 0 Å². The van der Waals surface area contributed by atoms with Crippen LogP contribution < -0.4 is 4.72 Å². The Kier molecular flexibility index (Phi) is 5.60. The predicted octanol–water partition coefficient (Wildman–Crippen LogP) is 2.45. The van der Waals surface area contributed by atoms with Crippen molar-refractivity contribution in [3.63, 3.8) is 0 Å². The summed E-state index contributed by atoms with van der Waals surface area (Å²) in [4.78, 5) is 12.4. The summed E-state index contributed by atoms with van der Waals surface area (Å²) in [6, 6.07) is 5.66. The number of aryl methyl sites for hydroxylation is 2. The van der Waals surface area contributed by atoms with E-state index >= 15 is 0 Å². The molecule has 0 radical (unpaired) electrons. The predicted molar refractivity (Wildman–Crippen MR) is 104 cm³/mol. The molecule has 2 heterocycles.